The number of rotatable bonds is 8. The van der Waals surface area contributed by atoms with Crippen LogP contribution < -0.4 is 5.73 Å². The zero-order valence-electron chi connectivity index (χ0n) is 9.62. The van der Waals surface area contributed by atoms with Crippen LogP contribution in [0.15, 0.2) is 0 Å². The average Bonchev–Trinajstić information content (AvgIpc) is 2.23. The average molecular weight is 215 g/mol. The van der Waals surface area contributed by atoms with E-state index in [2.05, 4.69) is 11.7 Å². The molecule has 0 spiro atoms. The Bertz CT molecular complexity index is 204. The Balaban J connectivity index is 3.73. The minimum absolute atomic E-state index is 0.218. The maximum Gasteiger partial charge on any atom is 0.330 e. The lowest BCUT2D eigenvalue weighted by Crippen LogP contribution is -2.39. The highest BCUT2D eigenvalue weighted by Crippen LogP contribution is 2.04. The van der Waals surface area contributed by atoms with Crippen LogP contribution in [0.5, 0.6) is 0 Å². The fourth-order valence-electron chi connectivity index (χ4n) is 1.24. The molecule has 88 valence electrons. The van der Waals surface area contributed by atoms with E-state index >= 15 is 0 Å². The second-order valence-electron chi connectivity index (χ2n) is 3.51. The first kappa shape index (κ1) is 14.1. The molecule has 0 amide bonds. The molecule has 0 aromatic carbocycles. The van der Waals surface area contributed by atoms with Crippen molar-refractivity contribution in [3.8, 4) is 0 Å². The molecule has 0 rings (SSSR count). The van der Waals surface area contributed by atoms with Crippen LogP contribution >= 0.6 is 0 Å². The van der Waals surface area contributed by atoms with Gasteiger partial charge in [0.15, 0.2) is 11.8 Å². The third-order valence-electron chi connectivity index (χ3n) is 2.16. The molecule has 0 radical (unpaired) electrons. The molecular weight excluding hydrogens is 194 g/mol. The summed E-state index contributed by atoms with van der Waals surface area (Å²) in [6, 6.07) is -1.09. The SMILES string of the molecule is CCCCCCC(=O)C(N)C(=O)OCC. The van der Waals surface area contributed by atoms with E-state index in [9.17, 15) is 9.59 Å². The smallest absolute Gasteiger partial charge is 0.330 e. The molecule has 0 fully saturated rings. The van der Waals surface area contributed by atoms with E-state index in [1.165, 1.54) is 0 Å². The van der Waals surface area contributed by atoms with Crippen LogP contribution in [0.3, 0.4) is 0 Å². The lowest BCUT2D eigenvalue weighted by molar-refractivity contribution is -0.147. The van der Waals surface area contributed by atoms with E-state index in [1.54, 1.807) is 6.92 Å². The zero-order valence-corrected chi connectivity index (χ0v) is 9.62. The van der Waals surface area contributed by atoms with Crippen LogP contribution in [0.1, 0.15) is 46.0 Å². The number of ketones is 1. The Morgan fingerprint density at radius 1 is 1.20 bits per heavy atom. The van der Waals surface area contributed by atoms with Crippen LogP contribution in [-0.2, 0) is 14.3 Å². The molecule has 0 aliphatic carbocycles. The van der Waals surface area contributed by atoms with E-state index in [0.29, 0.717) is 6.42 Å². The van der Waals surface area contributed by atoms with Gasteiger partial charge in [-0.05, 0) is 13.3 Å². The molecule has 0 aromatic heterocycles. The number of ether oxygens (including phenoxy) is 1. The van der Waals surface area contributed by atoms with Crippen molar-refractivity contribution in [1.29, 1.82) is 0 Å². The van der Waals surface area contributed by atoms with Gasteiger partial charge in [0, 0.05) is 6.42 Å². The van der Waals surface area contributed by atoms with Gasteiger partial charge in [-0.1, -0.05) is 26.2 Å². The lowest BCUT2D eigenvalue weighted by Gasteiger charge is -2.08. The summed E-state index contributed by atoms with van der Waals surface area (Å²) in [4.78, 5) is 22.5. The van der Waals surface area contributed by atoms with Gasteiger partial charge in [-0.2, -0.15) is 0 Å². The van der Waals surface area contributed by atoms with Crippen LogP contribution in [0.4, 0.5) is 0 Å². The number of hydrogen-bond donors (Lipinski definition) is 1. The standard InChI is InChI=1S/C11H21NO3/c1-3-5-6-7-8-9(13)10(12)11(14)15-4-2/h10H,3-8,12H2,1-2H3. The molecule has 2 N–H and O–H groups in total. The third kappa shape index (κ3) is 6.23. The van der Waals surface area contributed by atoms with Crippen molar-refractivity contribution in [2.45, 2.75) is 52.0 Å². The lowest BCUT2D eigenvalue weighted by atomic mass is 10.1. The summed E-state index contributed by atoms with van der Waals surface area (Å²) < 4.78 is 4.67. The van der Waals surface area contributed by atoms with Gasteiger partial charge >= 0.3 is 5.97 Å². The van der Waals surface area contributed by atoms with E-state index < -0.39 is 12.0 Å². The highest BCUT2D eigenvalue weighted by molar-refractivity contribution is 6.02. The van der Waals surface area contributed by atoms with Crippen molar-refractivity contribution in [2.75, 3.05) is 6.61 Å². The molecule has 0 saturated heterocycles. The molecule has 15 heavy (non-hydrogen) atoms. The second-order valence-corrected chi connectivity index (χ2v) is 3.51. The molecule has 0 aliphatic heterocycles. The van der Waals surface area contributed by atoms with Crippen LogP contribution in [0.2, 0.25) is 0 Å². The molecule has 1 unspecified atom stereocenters. The van der Waals surface area contributed by atoms with Gasteiger partial charge in [0.05, 0.1) is 6.61 Å². The Kier molecular flexibility index (Phi) is 7.91. The number of carbonyl (C=O) groups excluding carboxylic acids is 2. The van der Waals surface area contributed by atoms with Gasteiger partial charge in [-0.3, -0.25) is 4.79 Å². The summed E-state index contributed by atoms with van der Waals surface area (Å²) in [7, 11) is 0. The van der Waals surface area contributed by atoms with Crippen molar-refractivity contribution in [1.82, 2.24) is 0 Å². The van der Waals surface area contributed by atoms with E-state index in [0.717, 1.165) is 25.7 Å². The predicted molar refractivity (Wildman–Crippen MR) is 58.4 cm³/mol. The monoisotopic (exact) mass is 215 g/mol. The number of Topliss-reactive ketones (excluding diaryl/α,β-unsaturated/α-hetero) is 1. The second kappa shape index (κ2) is 8.41. The van der Waals surface area contributed by atoms with Crippen LogP contribution in [0, 0.1) is 0 Å². The van der Waals surface area contributed by atoms with Crippen molar-refractivity contribution < 1.29 is 14.3 Å². The van der Waals surface area contributed by atoms with E-state index in [1.807, 2.05) is 0 Å². The summed E-state index contributed by atoms with van der Waals surface area (Å²) in [5.74, 6) is -0.831. The normalized spacial score (nSPS) is 12.2. The number of hydrogen-bond acceptors (Lipinski definition) is 4. The Labute approximate surface area is 91.2 Å². The first-order valence-electron chi connectivity index (χ1n) is 5.58. The first-order chi connectivity index (χ1) is 7.13. The minimum Gasteiger partial charge on any atom is -0.464 e. The first-order valence-corrected chi connectivity index (χ1v) is 5.58. The summed E-state index contributed by atoms with van der Waals surface area (Å²) in [5, 5.41) is 0. The van der Waals surface area contributed by atoms with Gasteiger partial charge < -0.3 is 10.5 Å². The zero-order chi connectivity index (χ0) is 11.7. The quantitative estimate of drug-likeness (QED) is 0.377. The molecule has 4 nitrogen and oxygen atoms in total. The van der Waals surface area contributed by atoms with Gasteiger partial charge in [0.25, 0.3) is 0 Å². The fraction of sp³-hybridized carbons (Fsp3) is 0.818. The van der Waals surface area contributed by atoms with Crippen molar-refractivity contribution in [2.24, 2.45) is 5.73 Å². The molecule has 1 atom stereocenters. The van der Waals surface area contributed by atoms with Crippen LogP contribution in [0.25, 0.3) is 0 Å². The number of carbonyl (C=O) groups is 2. The summed E-state index contributed by atoms with van der Waals surface area (Å²) in [6.45, 7) is 4.05. The van der Waals surface area contributed by atoms with Crippen LogP contribution in [-0.4, -0.2) is 24.4 Å². The Morgan fingerprint density at radius 2 is 1.87 bits per heavy atom. The molecule has 0 saturated carbocycles. The van der Waals surface area contributed by atoms with Crippen molar-refractivity contribution in [3.05, 3.63) is 0 Å². The molecule has 0 aromatic rings. The topological polar surface area (TPSA) is 69.4 Å². The fourth-order valence-corrected chi connectivity index (χ4v) is 1.24. The van der Waals surface area contributed by atoms with Gasteiger partial charge in [0.2, 0.25) is 0 Å². The molecular formula is C11H21NO3. The third-order valence-corrected chi connectivity index (χ3v) is 2.16. The van der Waals surface area contributed by atoms with Gasteiger partial charge in [-0.15, -0.1) is 0 Å². The molecule has 0 aliphatic rings. The van der Waals surface area contributed by atoms with Gasteiger partial charge in [0.1, 0.15) is 0 Å². The summed E-state index contributed by atoms with van der Waals surface area (Å²) in [5.41, 5.74) is 5.44. The summed E-state index contributed by atoms with van der Waals surface area (Å²) in [6.07, 6.45) is 4.43. The van der Waals surface area contributed by atoms with E-state index in [4.69, 9.17) is 5.73 Å². The van der Waals surface area contributed by atoms with Crippen molar-refractivity contribution in [3.63, 3.8) is 0 Å². The highest BCUT2D eigenvalue weighted by atomic mass is 16.5. The maximum absolute atomic E-state index is 11.4. The minimum atomic E-state index is -1.09. The predicted octanol–water partition coefficient (Wildman–Crippen LogP) is 1.42. The highest BCUT2D eigenvalue weighted by Gasteiger charge is 2.22. The van der Waals surface area contributed by atoms with Crippen molar-refractivity contribution >= 4 is 11.8 Å². The Hall–Kier alpha value is -0.900. The van der Waals surface area contributed by atoms with E-state index in [-0.39, 0.29) is 12.4 Å². The summed E-state index contributed by atoms with van der Waals surface area (Å²) >= 11 is 0. The number of nitrogens with two attached hydrogens (primary N) is 1. The number of esters is 1. The molecule has 0 bridgehead atoms. The largest absolute Gasteiger partial charge is 0.464 e. The number of unbranched alkanes of at least 4 members (excludes halogenated alkanes) is 3. The molecule has 0 heterocycles. The van der Waals surface area contributed by atoms with Gasteiger partial charge in [-0.25, -0.2) is 4.79 Å². The maximum atomic E-state index is 11.4. The molecule has 4 heteroatoms. The Morgan fingerprint density at radius 3 is 2.40 bits per heavy atom.